The average molecular weight is 435 g/mol. The molecule has 0 aliphatic rings. The van der Waals surface area contributed by atoms with Crippen LogP contribution >= 0.6 is 0 Å². The molecule has 2 aromatic carbocycles. The molecular formula is C24H24FN4O3+. The first-order chi connectivity index (χ1) is 15.4. The van der Waals surface area contributed by atoms with E-state index in [0.717, 1.165) is 21.2 Å². The van der Waals surface area contributed by atoms with Gasteiger partial charge in [0, 0.05) is 22.9 Å². The average Bonchev–Trinajstić information content (AvgIpc) is 3.25. The minimum Gasteiger partial charge on any atom is -0.493 e. The number of ether oxygens (including phenoxy) is 1. The van der Waals surface area contributed by atoms with Crippen LogP contribution in [0.2, 0.25) is 0 Å². The molecule has 7 nitrogen and oxygen atoms in total. The van der Waals surface area contributed by atoms with Gasteiger partial charge in [0.15, 0.2) is 0 Å². The third-order valence-electron chi connectivity index (χ3n) is 5.52. The van der Waals surface area contributed by atoms with Crippen molar-refractivity contribution in [1.82, 2.24) is 15.1 Å². The first kappa shape index (κ1) is 21.3. The number of nitrogens with zero attached hydrogens (tertiary/aromatic N) is 3. The molecule has 0 aliphatic heterocycles. The quantitative estimate of drug-likeness (QED) is 0.353. The molecule has 1 unspecified atom stereocenters. The summed E-state index contributed by atoms with van der Waals surface area (Å²) in [5.74, 6) is -0.0492. The highest BCUT2D eigenvalue weighted by Gasteiger charge is 2.25. The van der Waals surface area contributed by atoms with Crippen molar-refractivity contribution in [2.24, 2.45) is 0 Å². The number of carbonyl (C=O) groups excluding carboxylic acids is 1. The summed E-state index contributed by atoms with van der Waals surface area (Å²) in [5.41, 5.74) is 3.30. The number of carbonyl (C=O) groups is 1. The van der Waals surface area contributed by atoms with E-state index in [1.165, 1.54) is 18.3 Å². The Kier molecular flexibility index (Phi) is 5.77. The first-order valence-corrected chi connectivity index (χ1v) is 10.3. The van der Waals surface area contributed by atoms with Crippen LogP contribution in [0.4, 0.5) is 4.39 Å². The second-order valence-electron chi connectivity index (χ2n) is 7.54. The van der Waals surface area contributed by atoms with Crippen molar-refractivity contribution in [3.05, 3.63) is 78.0 Å². The number of fused-ring (bicyclic) bond motifs is 1. The van der Waals surface area contributed by atoms with E-state index in [9.17, 15) is 14.4 Å². The van der Waals surface area contributed by atoms with Gasteiger partial charge in [-0.3, -0.25) is 15.1 Å². The van der Waals surface area contributed by atoms with Crippen molar-refractivity contribution < 1.29 is 23.9 Å². The van der Waals surface area contributed by atoms with Crippen molar-refractivity contribution >= 4 is 16.8 Å². The van der Waals surface area contributed by atoms with Crippen molar-refractivity contribution in [1.29, 1.82) is 0 Å². The zero-order valence-corrected chi connectivity index (χ0v) is 18.0. The van der Waals surface area contributed by atoms with Gasteiger partial charge in [0.1, 0.15) is 11.6 Å². The number of aromatic nitrogens is 3. The highest BCUT2D eigenvalue weighted by molar-refractivity contribution is 5.96. The van der Waals surface area contributed by atoms with Crippen molar-refractivity contribution in [3.8, 4) is 16.9 Å². The number of H-pyrrole nitrogens is 1. The molecular weight excluding hydrogens is 411 g/mol. The van der Waals surface area contributed by atoms with E-state index in [1.54, 1.807) is 54.7 Å². The van der Waals surface area contributed by atoms with E-state index in [1.807, 2.05) is 13.8 Å². The van der Waals surface area contributed by atoms with E-state index >= 15 is 0 Å². The highest BCUT2D eigenvalue weighted by Crippen LogP contribution is 2.33. The van der Waals surface area contributed by atoms with Gasteiger partial charge in [-0.05, 0) is 49.7 Å². The summed E-state index contributed by atoms with van der Waals surface area (Å²) in [7, 11) is 1.70. The van der Waals surface area contributed by atoms with E-state index in [4.69, 9.17) is 4.74 Å². The largest absolute Gasteiger partial charge is 0.493 e. The van der Waals surface area contributed by atoms with Gasteiger partial charge in [0.2, 0.25) is 12.4 Å². The van der Waals surface area contributed by atoms with Crippen LogP contribution in [0.25, 0.3) is 22.0 Å². The Morgan fingerprint density at radius 3 is 2.84 bits per heavy atom. The number of hydrogen-bond donors (Lipinski definition) is 2. The second kappa shape index (κ2) is 8.66. The fraction of sp³-hybridized carbons (Fsp3) is 0.208. The number of rotatable bonds is 6. The zero-order valence-electron chi connectivity index (χ0n) is 18.0. The zero-order chi connectivity index (χ0) is 22.8. The Bertz CT molecular complexity index is 1290. The number of hydrogen-bond acceptors (Lipinski definition) is 4. The summed E-state index contributed by atoms with van der Waals surface area (Å²) in [6, 6.07) is 11.0. The maximum atomic E-state index is 13.7. The smallest absolute Gasteiger partial charge is 0.254 e. The van der Waals surface area contributed by atoms with Crippen molar-refractivity contribution in [3.63, 3.8) is 0 Å². The lowest BCUT2D eigenvalue weighted by Gasteiger charge is -2.25. The number of pyridine rings is 1. The third kappa shape index (κ3) is 3.99. The SMILES string of the molecule is CCOc1cc(C(=O)N(C)C(C)c2c[n+](O)cc3cn[nH]c23)ccc1-c1cccc(F)c1. The standard InChI is InChI=1S/C24H23FN4O3/c1-4-32-22-11-17(8-9-20(22)16-6-5-7-19(25)10-16)24(30)28(3)15(2)21-14-29(31)13-18-12-26-27-23(18)21/h5-15,31H,4H2,1-3H3/p+1. The van der Waals surface area contributed by atoms with Crippen LogP contribution < -0.4 is 9.47 Å². The van der Waals surface area contributed by atoms with Gasteiger partial charge in [-0.1, -0.05) is 12.1 Å². The predicted molar refractivity (Wildman–Crippen MR) is 117 cm³/mol. The molecule has 1 atom stereocenters. The van der Waals surface area contributed by atoms with Gasteiger partial charge < -0.3 is 9.64 Å². The maximum Gasteiger partial charge on any atom is 0.254 e. The number of nitrogens with one attached hydrogen (secondary N) is 1. The monoisotopic (exact) mass is 435 g/mol. The van der Waals surface area contributed by atoms with E-state index in [-0.39, 0.29) is 17.8 Å². The number of amides is 1. The van der Waals surface area contributed by atoms with Gasteiger partial charge >= 0.3 is 0 Å². The molecule has 0 aliphatic carbocycles. The fourth-order valence-electron chi connectivity index (χ4n) is 3.74. The molecule has 2 heterocycles. The molecule has 2 aromatic heterocycles. The van der Waals surface area contributed by atoms with Crippen LogP contribution in [-0.2, 0) is 0 Å². The minimum atomic E-state index is -0.358. The number of benzene rings is 2. The first-order valence-electron chi connectivity index (χ1n) is 10.3. The number of aromatic amines is 1. The van der Waals surface area contributed by atoms with Crippen LogP contribution in [0.5, 0.6) is 5.75 Å². The van der Waals surface area contributed by atoms with Crippen molar-refractivity contribution in [2.75, 3.05) is 13.7 Å². The molecule has 2 N–H and O–H groups in total. The molecule has 1 amide bonds. The lowest BCUT2D eigenvalue weighted by molar-refractivity contribution is -0.904. The molecule has 4 aromatic rings. The van der Waals surface area contributed by atoms with Crippen LogP contribution in [0.15, 0.2) is 61.1 Å². The topological polar surface area (TPSA) is 82.3 Å². The van der Waals surface area contributed by atoms with Gasteiger partial charge in [0.05, 0.1) is 35.3 Å². The summed E-state index contributed by atoms with van der Waals surface area (Å²) in [6.07, 6.45) is 4.70. The Hall–Kier alpha value is -3.94. The predicted octanol–water partition coefficient (Wildman–Crippen LogP) is 4.13. The van der Waals surface area contributed by atoms with Gasteiger partial charge in [0.25, 0.3) is 5.91 Å². The lowest BCUT2D eigenvalue weighted by Crippen LogP contribution is -2.34. The van der Waals surface area contributed by atoms with Gasteiger partial charge in [-0.15, -0.1) is 0 Å². The Morgan fingerprint density at radius 1 is 1.28 bits per heavy atom. The number of halogens is 1. The maximum absolute atomic E-state index is 13.7. The summed E-state index contributed by atoms with van der Waals surface area (Å²) < 4.78 is 20.5. The van der Waals surface area contributed by atoms with E-state index < -0.39 is 0 Å². The molecule has 0 saturated carbocycles. The van der Waals surface area contributed by atoms with Crippen LogP contribution in [0.1, 0.15) is 35.8 Å². The second-order valence-corrected chi connectivity index (χ2v) is 7.54. The van der Waals surface area contributed by atoms with Crippen LogP contribution in [0.3, 0.4) is 0 Å². The summed E-state index contributed by atoms with van der Waals surface area (Å²) >= 11 is 0. The fourth-order valence-corrected chi connectivity index (χ4v) is 3.74. The normalized spacial score (nSPS) is 12.0. The molecule has 8 heteroatoms. The Balaban J connectivity index is 1.67. The molecule has 0 radical (unpaired) electrons. The van der Waals surface area contributed by atoms with Gasteiger partial charge in [-0.25, -0.2) is 4.39 Å². The van der Waals surface area contributed by atoms with Crippen LogP contribution in [-0.4, -0.2) is 39.9 Å². The molecule has 0 bridgehead atoms. The molecule has 164 valence electrons. The summed E-state index contributed by atoms with van der Waals surface area (Å²) in [6.45, 7) is 4.13. The third-order valence-corrected chi connectivity index (χ3v) is 5.52. The van der Waals surface area contributed by atoms with E-state index in [0.29, 0.717) is 29.0 Å². The van der Waals surface area contributed by atoms with Crippen molar-refractivity contribution in [2.45, 2.75) is 19.9 Å². The summed E-state index contributed by atoms with van der Waals surface area (Å²) in [5, 5.41) is 17.7. The van der Waals surface area contributed by atoms with E-state index in [2.05, 4.69) is 10.2 Å². The Morgan fingerprint density at radius 2 is 2.09 bits per heavy atom. The minimum absolute atomic E-state index is 0.217. The summed E-state index contributed by atoms with van der Waals surface area (Å²) in [4.78, 5) is 14.9. The molecule has 0 saturated heterocycles. The molecule has 4 rings (SSSR count). The molecule has 0 spiro atoms. The molecule has 32 heavy (non-hydrogen) atoms. The lowest BCUT2D eigenvalue weighted by atomic mass is 10.0. The molecule has 0 fully saturated rings. The van der Waals surface area contributed by atoms with Crippen LogP contribution in [0, 0.1) is 5.82 Å². The highest BCUT2D eigenvalue weighted by atomic mass is 19.1. The van der Waals surface area contributed by atoms with Gasteiger partial charge in [-0.2, -0.15) is 5.10 Å². The Labute approximate surface area is 184 Å².